The molecule has 2 rings (SSSR count). The molecule has 0 radical (unpaired) electrons. The third-order valence-corrected chi connectivity index (χ3v) is 3.26. The Hall–Kier alpha value is -1.02. The molecular formula is C15H23NO. The van der Waals surface area contributed by atoms with Gasteiger partial charge in [-0.15, -0.1) is 0 Å². The summed E-state index contributed by atoms with van der Waals surface area (Å²) in [7, 11) is 0. The van der Waals surface area contributed by atoms with Crippen LogP contribution in [0.1, 0.15) is 43.7 Å². The molecule has 0 bridgehead atoms. The van der Waals surface area contributed by atoms with Crippen molar-refractivity contribution in [3.63, 3.8) is 0 Å². The van der Waals surface area contributed by atoms with Crippen molar-refractivity contribution in [2.45, 2.75) is 45.6 Å². The fraction of sp³-hybridized carbons (Fsp3) is 0.600. The van der Waals surface area contributed by atoms with Crippen molar-refractivity contribution >= 4 is 0 Å². The highest BCUT2D eigenvalue weighted by molar-refractivity contribution is 5.40. The van der Waals surface area contributed by atoms with E-state index in [1.807, 2.05) is 0 Å². The van der Waals surface area contributed by atoms with Gasteiger partial charge in [0.05, 0.1) is 6.10 Å². The lowest BCUT2D eigenvalue weighted by Crippen LogP contribution is -2.28. The first-order valence-corrected chi connectivity index (χ1v) is 6.64. The van der Waals surface area contributed by atoms with Crippen LogP contribution in [0.3, 0.4) is 0 Å². The van der Waals surface area contributed by atoms with Gasteiger partial charge in [-0.05, 0) is 51.8 Å². The summed E-state index contributed by atoms with van der Waals surface area (Å²) in [5.41, 5.74) is 2.70. The van der Waals surface area contributed by atoms with E-state index in [-0.39, 0.29) is 6.10 Å². The van der Waals surface area contributed by atoms with E-state index in [0.29, 0.717) is 5.92 Å². The van der Waals surface area contributed by atoms with E-state index in [1.165, 1.54) is 24.0 Å². The number of piperidine rings is 1. The molecule has 1 atom stereocenters. The topological polar surface area (TPSA) is 21.3 Å². The molecule has 0 saturated carbocycles. The van der Waals surface area contributed by atoms with Gasteiger partial charge in [-0.25, -0.2) is 0 Å². The van der Waals surface area contributed by atoms with Gasteiger partial charge in [-0.2, -0.15) is 0 Å². The van der Waals surface area contributed by atoms with Crippen molar-refractivity contribution in [1.82, 2.24) is 5.32 Å². The molecule has 1 fully saturated rings. The first-order chi connectivity index (χ1) is 8.16. The van der Waals surface area contributed by atoms with E-state index in [1.54, 1.807) is 0 Å². The molecule has 0 amide bonds. The Balaban J connectivity index is 2.25. The molecule has 0 aliphatic carbocycles. The summed E-state index contributed by atoms with van der Waals surface area (Å²) in [6.45, 7) is 8.56. The van der Waals surface area contributed by atoms with Gasteiger partial charge in [0.2, 0.25) is 0 Å². The average Bonchev–Trinajstić information content (AvgIpc) is 2.32. The zero-order chi connectivity index (χ0) is 12.3. The van der Waals surface area contributed by atoms with Crippen molar-refractivity contribution in [1.29, 1.82) is 0 Å². The van der Waals surface area contributed by atoms with Crippen LogP contribution >= 0.6 is 0 Å². The molecule has 0 spiro atoms. The van der Waals surface area contributed by atoms with Crippen LogP contribution < -0.4 is 10.1 Å². The summed E-state index contributed by atoms with van der Waals surface area (Å²) < 4.78 is 5.93. The molecule has 2 nitrogen and oxygen atoms in total. The highest BCUT2D eigenvalue weighted by atomic mass is 16.5. The second kappa shape index (κ2) is 5.54. The van der Waals surface area contributed by atoms with Crippen molar-refractivity contribution < 1.29 is 4.74 Å². The smallest absolute Gasteiger partial charge is 0.123 e. The van der Waals surface area contributed by atoms with Crippen molar-refractivity contribution in [3.05, 3.63) is 29.3 Å². The maximum absolute atomic E-state index is 5.93. The fourth-order valence-corrected chi connectivity index (χ4v) is 2.47. The summed E-state index contributed by atoms with van der Waals surface area (Å²) >= 11 is 0. The molecule has 94 valence electrons. The zero-order valence-corrected chi connectivity index (χ0v) is 11.1. The van der Waals surface area contributed by atoms with Crippen LogP contribution in [0.2, 0.25) is 0 Å². The minimum absolute atomic E-state index is 0.244. The lowest BCUT2D eigenvalue weighted by atomic mass is 9.90. The molecule has 0 aromatic heterocycles. The van der Waals surface area contributed by atoms with E-state index in [2.05, 4.69) is 44.3 Å². The second-order valence-corrected chi connectivity index (χ2v) is 5.25. The van der Waals surface area contributed by atoms with Crippen LogP contribution in [0, 0.1) is 6.92 Å². The molecule has 1 aromatic rings. The third-order valence-electron chi connectivity index (χ3n) is 3.26. The number of hydrogen-bond donors (Lipinski definition) is 1. The number of rotatable bonds is 3. The van der Waals surface area contributed by atoms with E-state index < -0.39 is 0 Å². The van der Waals surface area contributed by atoms with Crippen LogP contribution in [0.5, 0.6) is 5.75 Å². The van der Waals surface area contributed by atoms with Crippen LogP contribution in [-0.4, -0.2) is 19.2 Å². The van der Waals surface area contributed by atoms with Gasteiger partial charge in [0.15, 0.2) is 0 Å². The van der Waals surface area contributed by atoms with Gasteiger partial charge >= 0.3 is 0 Å². The number of benzene rings is 1. The fourth-order valence-electron chi connectivity index (χ4n) is 2.47. The quantitative estimate of drug-likeness (QED) is 0.865. The Morgan fingerprint density at radius 3 is 2.82 bits per heavy atom. The van der Waals surface area contributed by atoms with Crippen molar-refractivity contribution in [3.8, 4) is 5.75 Å². The van der Waals surface area contributed by atoms with Crippen molar-refractivity contribution in [2.24, 2.45) is 0 Å². The third kappa shape index (κ3) is 3.22. The monoisotopic (exact) mass is 233 g/mol. The first kappa shape index (κ1) is 12.4. The normalized spacial score (nSPS) is 20.6. The van der Waals surface area contributed by atoms with Crippen molar-refractivity contribution in [2.75, 3.05) is 13.1 Å². The molecule has 1 heterocycles. The predicted octanol–water partition coefficient (Wildman–Crippen LogP) is 3.25. The van der Waals surface area contributed by atoms with E-state index >= 15 is 0 Å². The zero-order valence-electron chi connectivity index (χ0n) is 11.1. The van der Waals surface area contributed by atoms with Gasteiger partial charge in [-0.1, -0.05) is 17.7 Å². The minimum Gasteiger partial charge on any atom is -0.491 e. The summed E-state index contributed by atoms with van der Waals surface area (Å²) in [6.07, 6.45) is 2.78. The molecule has 17 heavy (non-hydrogen) atoms. The van der Waals surface area contributed by atoms with Crippen LogP contribution in [0.25, 0.3) is 0 Å². The van der Waals surface area contributed by atoms with Crippen LogP contribution in [0.15, 0.2) is 18.2 Å². The molecular weight excluding hydrogens is 210 g/mol. The van der Waals surface area contributed by atoms with Gasteiger partial charge in [0, 0.05) is 12.5 Å². The number of aryl methyl sites for hydroxylation is 1. The molecule has 2 heteroatoms. The van der Waals surface area contributed by atoms with E-state index in [4.69, 9.17) is 4.74 Å². The van der Waals surface area contributed by atoms with E-state index in [9.17, 15) is 0 Å². The Morgan fingerprint density at radius 2 is 2.18 bits per heavy atom. The van der Waals surface area contributed by atoms with Gasteiger partial charge in [-0.3, -0.25) is 0 Å². The highest BCUT2D eigenvalue weighted by Gasteiger charge is 2.19. The average molecular weight is 233 g/mol. The van der Waals surface area contributed by atoms with Crippen LogP contribution in [-0.2, 0) is 0 Å². The van der Waals surface area contributed by atoms with E-state index in [0.717, 1.165) is 18.8 Å². The maximum atomic E-state index is 5.93. The van der Waals surface area contributed by atoms with Gasteiger partial charge < -0.3 is 10.1 Å². The van der Waals surface area contributed by atoms with Gasteiger partial charge in [0.1, 0.15) is 5.75 Å². The molecule has 1 aliphatic rings. The summed E-state index contributed by atoms with van der Waals surface area (Å²) in [4.78, 5) is 0. The second-order valence-electron chi connectivity index (χ2n) is 5.25. The first-order valence-electron chi connectivity index (χ1n) is 6.64. The summed E-state index contributed by atoms with van der Waals surface area (Å²) in [5, 5.41) is 3.48. The molecule has 1 N–H and O–H groups in total. The summed E-state index contributed by atoms with van der Waals surface area (Å²) in [5.74, 6) is 1.68. The molecule has 1 unspecified atom stereocenters. The molecule has 1 saturated heterocycles. The predicted molar refractivity (Wildman–Crippen MR) is 71.8 cm³/mol. The lowest BCUT2D eigenvalue weighted by Gasteiger charge is -2.26. The van der Waals surface area contributed by atoms with Gasteiger partial charge in [0.25, 0.3) is 0 Å². The molecule has 1 aromatic carbocycles. The Labute approximate surface area is 104 Å². The number of hydrogen-bond acceptors (Lipinski definition) is 2. The number of nitrogens with one attached hydrogen (secondary N) is 1. The Morgan fingerprint density at radius 1 is 1.35 bits per heavy atom. The SMILES string of the molecule is Cc1ccc(OC(C)C)c(C2CCCNC2)c1. The standard InChI is InChI=1S/C15H23NO/c1-11(2)17-15-7-6-12(3)9-14(15)13-5-4-8-16-10-13/h6-7,9,11,13,16H,4-5,8,10H2,1-3H3. The minimum atomic E-state index is 0.244. The Bertz CT molecular complexity index is 367. The maximum Gasteiger partial charge on any atom is 0.123 e. The Kier molecular flexibility index (Phi) is 4.06. The lowest BCUT2D eigenvalue weighted by molar-refractivity contribution is 0.237. The van der Waals surface area contributed by atoms with Crippen LogP contribution in [0.4, 0.5) is 0 Å². The largest absolute Gasteiger partial charge is 0.491 e. The summed E-state index contributed by atoms with van der Waals surface area (Å²) in [6, 6.07) is 6.55. The molecule has 1 aliphatic heterocycles. The highest BCUT2D eigenvalue weighted by Crippen LogP contribution is 2.32. The number of ether oxygens (including phenoxy) is 1.